The molecule has 1 N–H and O–H groups in total. The molecule has 0 saturated carbocycles. The van der Waals surface area contributed by atoms with Crippen LogP contribution in [0, 0.1) is 17.0 Å². The quantitative estimate of drug-likeness (QED) is 0.244. The molecule has 0 saturated heterocycles. The number of benzene rings is 3. The molecule has 0 heterocycles. The Labute approximate surface area is 189 Å². The third kappa shape index (κ3) is 5.87. The number of methoxy groups -OCH3 is 1. The summed E-state index contributed by atoms with van der Waals surface area (Å²) in [5.74, 6) is 0.292. The van der Waals surface area contributed by atoms with E-state index in [9.17, 15) is 10.1 Å². The highest BCUT2D eigenvalue weighted by Gasteiger charge is 2.22. The molecule has 0 aliphatic heterocycles. The van der Waals surface area contributed by atoms with Crippen LogP contribution >= 0.6 is 23.2 Å². The van der Waals surface area contributed by atoms with E-state index < -0.39 is 4.92 Å². The number of nitro groups is 1. The molecule has 0 unspecified atom stereocenters. The van der Waals surface area contributed by atoms with Crippen molar-refractivity contribution >= 4 is 40.8 Å². The van der Waals surface area contributed by atoms with Gasteiger partial charge in [0.25, 0.3) is 0 Å². The summed E-state index contributed by atoms with van der Waals surface area (Å²) in [6.45, 7) is 2.15. The number of nitrogens with one attached hydrogen (secondary N) is 1. The summed E-state index contributed by atoms with van der Waals surface area (Å²) in [5, 5.41) is 16.6. The monoisotopic (exact) mass is 459 g/mol. The molecule has 31 heavy (non-hydrogen) atoms. The van der Waals surface area contributed by atoms with Gasteiger partial charge < -0.3 is 9.47 Å². The molecule has 0 radical (unpaired) electrons. The minimum atomic E-state index is -0.517. The Kier molecular flexibility index (Phi) is 7.33. The number of nitrogens with zero attached hydrogens (tertiary/aromatic N) is 2. The fourth-order valence-corrected chi connectivity index (χ4v) is 3.00. The van der Waals surface area contributed by atoms with E-state index >= 15 is 0 Å². The second-order valence-electron chi connectivity index (χ2n) is 6.60. The van der Waals surface area contributed by atoms with Gasteiger partial charge in [0.2, 0.25) is 5.75 Å². The first-order chi connectivity index (χ1) is 14.9. The molecule has 3 aromatic carbocycles. The highest BCUT2D eigenvalue weighted by molar-refractivity contribution is 6.42. The molecule has 9 heteroatoms. The SMILES string of the molecule is COc1cc(C=NNc2ccc(Cl)c(Cl)c2)cc([N+](=O)[O-])c1OCc1ccc(C)cc1. The van der Waals surface area contributed by atoms with Gasteiger partial charge in [0.1, 0.15) is 6.61 Å². The lowest BCUT2D eigenvalue weighted by molar-refractivity contribution is -0.386. The van der Waals surface area contributed by atoms with Gasteiger partial charge in [0.15, 0.2) is 5.75 Å². The van der Waals surface area contributed by atoms with Crippen molar-refractivity contribution in [3.05, 3.63) is 91.4 Å². The third-order valence-corrected chi connectivity index (χ3v) is 5.04. The number of rotatable bonds is 8. The third-order valence-electron chi connectivity index (χ3n) is 4.30. The van der Waals surface area contributed by atoms with Gasteiger partial charge in [-0.2, -0.15) is 5.10 Å². The van der Waals surface area contributed by atoms with Gasteiger partial charge in [-0.3, -0.25) is 15.5 Å². The van der Waals surface area contributed by atoms with Crippen molar-refractivity contribution in [1.82, 2.24) is 0 Å². The lowest BCUT2D eigenvalue weighted by atomic mass is 10.1. The van der Waals surface area contributed by atoms with Crippen LogP contribution in [0.4, 0.5) is 11.4 Å². The highest BCUT2D eigenvalue weighted by atomic mass is 35.5. The summed E-state index contributed by atoms with van der Waals surface area (Å²) in [6.07, 6.45) is 1.43. The Bertz CT molecular complexity index is 1120. The molecule has 0 aromatic heterocycles. The van der Waals surface area contributed by atoms with Crippen LogP contribution < -0.4 is 14.9 Å². The van der Waals surface area contributed by atoms with E-state index in [2.05, 4.69) is 10.5 Å². The van der Waals surface area contributed by atoms with Gasteiger partial charge in [0, 0.05) is 11.6 Å². The first-order valence-corrected chi connectivity index (χ1v) is 9.92. The lowest BCUT2D eigenvalue weighted by Crippen LogP contribution is -2.03. The first-order valence-electron chi connectivity index (χ1n) is 9.16. The number of hydrogen-bond donors (Lipinski definition) is 1. The fraction of sp³-hybridized carbons (Fsp3) is 0.136. The molecule has 7 nitrogen and oxygen atoms in total. The topological polar surface area (TPSA) is 86.0 Å². The zero-order valence-corrected chi connectivity index (χ0v) is 18.3. The second-order valence-corrected chi connectivity index (χ2v) is 7.42. The lowest BCUT2D eigenvalue weighted by Gasteiger charge is -2.12. The molecular formula is C22H19Cl2N3O4. The number of aryl methyl sites for hydroxylation is 1. The Hall–Kier alpha value is -3.29. The predicted molar refractivity (Wildman–Crippen MR) is 123 cm³/mol. The van der Waals surface area contributed by atoms with Crippen molar-refractivity contribution < 1.29 is 14.4 Å². The van der Waals surface area contributed by atoms with E-state index in [1.165, 1.54) is 19.4 Å². The largest absolute Gasteiger partial charge is 0.493 e. The average Bonchev–Trinajstić information content (AvgIpc) is 2.75. The van der Waals surface area contributed by atoms with Crippen molar-refractivity contribution in [2.45, 2.75) is 13.5 Å². The summed E-state index contributed by atoms with van der Waals surface area (Å²) in [6, 6.07) is 15.6. The maximum Gasteiger partial charge on any atom is 0.315 e. The molecule has 3 aromatic rings. The van der Waals surface area contributed by atoms with Crippen molar-refractivity contribution in [2.75, 3.05) is 12.5 Å². The average molecular weight is 460 g/mol. The van der Waals surface area contributed by atoms with Crippen molar-refractivity contribution in [2.24, 2.45) is 5.10 Å². The van der Waals surface area contributed by atoms with E-state index in [1.807, 2.05) is 31.2 Å². The number of hydrogen-bond acceptors (Lipinski definition) is 6. The number of anilines is 1. The van der Waals surface area contributed by atoms with Gasteiger partial charge >= 0.3 is 5.69 Å². The van der Waals surface area contributed by atoms with Gasteiger partial charge in [-0.05, 0) is 36.8 Å². The number of hydrazone groups is 1. The minimum Gasteiger partial charge on any atom is -0.493 e. The number of halogens is 2. The zero-order valence-electron chi connectivity index (χ0n) is 16.8. The summed E-state index contributed by atoms with van der Waals surface area (Å²) < 4.78 is 11.1. The van der Waals surface area contributed by atoms with E-state index in [0.29, 0.717) is 21.3 Å². The van der Waals surface area contributed by atoms with Crippen LogP contribution in [0.15, 0.2) is 59.7 Å². The van der Waals surface area contributed by atoms with Crippen LogP contribution in [0.2, 0.25) is 10.0 Å². The van der Waals surface area contributed by atoms with E-state index in [-0.39, 0.29) is 23.8 Å². The molecule has 0 aliphatic rings. The number of nitro benzene ring substituents is 1. The van der Waals surface area contributed by atoms with E-state index in [4.69, 9.17) is 32.7 Å². The van der Waals surface area contributed by atoms with Gasteiger partial charge in [-0.15, -0.1) is 0 Å². The molecular weight excluding hydrogens is 441 g/mol. The summed E-state index contributed by atoms with van der Waals surface area (Å²) in [4.78, 5) is 11.1. The molecule has 0 atom stereocenters. The first kappa shape index (κ1) is 22.4. The highest BCUT2D eigenvalue weighted by Crippen LogP contribution is 2.38. The maximum absolute atomic E-state index is 11.6. The van der Waals surface area contributed by atoms with Crippen LogP contribution in [-0.2, 0) is 6.61 Å². The summed E-state index contributed by atoms with van der Waals surface area (Å²) >= 11 is 11.9. The Balaban J connectivity index is 1.82. The van der Waals surface area contributed by atoms with Crippen LogP contribution in [0.3, 0.4) is 0 Å². The zero-order chi connectivity index (χ0) is 22.4. The summed E-state index contributed by atoms with van der Waals surface area (Å²) in [5.41, 5.74) is 5.65. The Morgan fingerprint density at radius 3 is 2.48 bits per heavy atom. The van der Waals surface area contributed by atoms with Crippen molar-refractivity contribution in [3.8, 4) is 11.5 Å². The fourth-order valence-electron chi connectivity index (χ4n) is 2.70. The Morgan fingerprint density at radius 2 is 1.84 bits per heavy atom. The maximum atomic E-state index is 11.6. The normalized spacial score (nSPS) is 10.8. The van der Waals surface area contributed by atoms with E-state index in [0.717, 1.165) is 11.1 Å². The molecule has 160 valence electrons. The molecule has 0 spiro atoms. The van der Waals surface area contributed by atoms with Crippen molar-refractivity contribution in [3.63, 3.8) is 0 Å². The second kappa shape index (κ2) is 10.1. The molecule has 0 bridgehead atoms. The van der Waals surface area contributed by atoms with Gasteiger partial charge in [0.05, 0.1) is 34.0 Å². The standard InChI is InChI=1S/C22H19Cl2N3O4/c1-14-3-5-15(6-4-14)13-31-22-20(27(28)29)9-16(10-21(22)30-2)12-25-26-17-7-8-18(23)19(24)11-17/h3-12,26H,13H2,1-2H3. The smallest absolute Gasteiger partial charge is 0.315 e. The van der Waals surface area contributed by atoms with Crippen LogP contribution in [0.5, 0.6) is 11.5 Å². The minimum absolute atomic E-state index is 0.0580. The van der Waals surface area contributed by atoms with Crippen molar-refractivity contribution in [1.29, 1.82) is 0 Å². The van der Waals surface area contributed by atoms with Gasteiger partial charge in [-0.1, -0.05) is 53.0 Å². The molecule has 0 aliphatic carbocycles. The number of ether oxygens (including phenoxy) is 2. The molecule has 0 amide bonds. The molecule has 3 rings (SSSR count). The van der Waals surface area contributed by atoms with Crippen LogP contribution in [-0.4, -0.2) is 18.2 Å². The van der Waals surface area contributed by atoms with Gasteiger partial charge in [-0.25, -0.2) is 0 Å². The van der Waals surface area contributed by atoms with Crippen LogP contribution in [0.1, 0.15) is 16.7 Å². The molecule has 0 fully saturated rings. The Morgan fingerprint density at radius 1 is 1.10 bits per heavy atom. The summed E-state index contributed by atoms with van der Waals surface area (Å²) in [7, 11) is 1.42. The predicted octanol–water partition coefficient (Wildman–Crippen LogP) is 6.24. The van der Waals surface area contributed by atoms with E-state index in [1.54, 1.807) is 24.3 Å². The van der Waals surface area contributed by atoms with Crippen LogP contribution in [0.25, 0.3) is 0 Å².